The van der Waals surface area contributed by atoms with Crippen LogP contribution in [0.1, 0.15) is 16.0 Å². The molecule has 0 saturated carbocycles. The molecule has 0 bridgehead atoms. The number of rotatable bonds is 4. The fraction of sp³-hybridized carbons (Fsp3) is 0.158. The number of para-hydroxylation sites is 1. The molecule has 0 spiro atoms. The summed E-state index contributed by atoms with van der Waals surface area (Å²) in [4.78, 5) is 6.05. The van der Waals surface area contributed by atoms with E-state index in [4.69, 9.17) is 9.72 Å². The summed E-state index contributed by atoms with van der Waals surface area (Å²) < 4.78 is 5.32. The standard InChI is InChI=1S/C19H17N3OS/c1-23-16-9-5-3-7-14(16)12-20-22-19-21-18-15-8-4-2-6-13(15)10-11-17(18)24-19/h2-9,12H,10-11H2,1H3,(H,21,22)/b20-12+. The molecule has 2 aromatic carbocycles. The van der Waals surface area contributed by atoms with E-state index in [1.54, 1.807) is 24.7 Å². The molecular formula is C19H17N3OS. The molecule has 1 aliphatic rings. The summed E-state index contributed by atoms with van der Waals surface area (Å²) in [5.41, 5.74) is 7.70. The zero-order chi connectivity index (χ0) is 16.4. The van der Waals surface area contributed by atoms with Gasteiger partial charge in [-0.1, -0.05) is 47.7 Å². The highest BCUT2D eigenvalue weighted by atomic mass is 32.1. The molecular weight excluding hydrogens is 318 g/mol. The molecule has 1 N–H and O–H groups in total. The third-order valence-corrected chi connectivity index (χ3v) is 5.11. The van der Waals surface area contributed by atoms with E-state index in [-0.39, 0.29) is 0 Å². The fourth-order valence-electron chi connectivity index (χ4n) is 2.93. The minimum Gasteiger partial charge on any atom is -0.496 e. The van der Waals surface area contributed by atoms with Crippen molar-refractivity contribution in [3.8, 4) is 17.0 Å². The normalized spacial score (nSPS) is 12.7. The fourth-order valence-corrected chi connectivity index (χ4v) is 3.85. The molecule has 24 heavy (non-hydrogen) atoms. The summed E-state index contributed by atoms with van der Waals surface area (Å²) in [7, 11) is 1.66. The first-order valence-corrected chi connectivity index (χ1v) is 8.67. The summed E-state index contributed by atoms with van der Waals surface area (Å²) in [5.74, 6) is 0.801. The van der Waals surface area contributed by atoms with Crippen molar-refractivity contribution < 1.29 is 4.74 Å². The molecule has 1 aliphatic carbocycles. The van der Waals surface area contributed by atoms with Crippen molar-refractivity contribution in [2.24, 2.45) is 5.10 Å². The molecule has 1 aromatic heterocycles. The van der Waals surface area contributed by atoms with Gasteiger partial charge in [-0.2, -0.15) is 5.10 Å². The number of benzene rings is 2. The molecule has 0 unspecified atom stereocenters. The first-order valence-electron chi connectivity index (χ1n) is 7.85. The monoisotopic (exact) mass is 335 g/mol. The molecule has 0 saturated heterocycles. The first kappa shape index (κ1) is 14.9. The van der Waals surface area contributed by atoms with Crippen molar-refractivity contribution >= 4 is 22.7 Å². The van der Waals surface area contributed by atoms with Crippen LogP contribution in [0.3, 0.4) is 0 Å². The number of hydrogen-bond acceptors (Lipinski definition) is 5. The maximum absolute atomic E-state index is 5.32. The zero-order valence-corrected chi connectivity index (χ0v) is 14.1. The van der Waals surface area contributed by atoms with E-state index >= 15 is 0 Å². The van der Waals surface area contributed by atoms with E-state index in [0.29, 0.717) is 0 Å². The summed E-state index contributed by atoms with van der Waals surface area (Å²) in [6, 6.07) is 16.3. The zero-order valence-electron chi connectivity index (χ0n) is 13.3. The average Bonchev–Trinajstić information content (AvgIpc) is 3.05. The summed E-state index contributed by atoms with van der Waals surface area (Å²) in [6.45, 7) is 0. The number of nitrogens with zero attached hydrogens (tertiary/aromatic N) is 2. The Kier molecular flexibility index (Phi) is 4.01. The molecule has 0 atom stereocenters. The third-order valence-electron chi connectivity index (χ3n) is 4.09. The Morgan fingerprint density at radius 1 is 1.12 bits per heavy atom. The molecule has 0 aliphatic heterocycles. The topological polar surface area (TPSA) is 46.5 Å². The molecule has 5 heteroatoms. The van der Waals surface area contributed by atoms with E-state index in [2.05, 4.69) is 34.8 Å². The van der Waals surface area contributed by atoms with Crippen molar-refractivity contribution in [3.05, 3.63) is 64.5 Å². The molecule has 0 radical (unpaired) electrons. The average molecular weight is 335 g/mol. The Bertz CT molecular complexity index is 901. The Hall–Kier alpha value is -2.66. The lowest BCUT2D eigenvalue weighted by atomic mass is 9.94. The molecule has 0 fully saturated rings. The van der Waals surface area contributed by atoms with Gasteiger partial charge in [0.1, 0.15) is 5.75 Å². The van der Waals surface area contributed by atoms with Gasteiger partial charge in [0.05, 0.1) is 19.0 Å². The van der Waals surface area contributed by atoms with Crippen LogP contribution in [-0.4, -0.2) is 18.3 Å². The van der Waals surface area contributed by atoms with Crippen molar-refractivity contribution in [1.29, 1.82) is 0 Å². The second kappa shape index (κ2) is 6.45. The number of ether oxygens (including phenoxy) is 1. The largest absolute Gasteiger partial charge is 0.496 e. The maximum atomic E-state index is 5.32. The Morgan fingerprint density at radius 2 is 1.96 bits per heavy atom. The van der Waals surface area contributed by atoms with Gasteiger partial charge in [-0.05, 0) is 30.5 Å². The minimum absolute atomic E-state index is 0.801. The van der Waals surface area contributed by atoms with Gasteiger partial charge in [0, 0.05) is 16.0 Å². The van der Waals surface area contributed by atoms with Crippen LogP contribution in [0.5, 0.6) is 5.75 Å². The van der Waals surface area contributed by atoms with E-state index in [1.807, 2.05) is 24.3 Å². The lowest BCUT2D eigenvalue weighted by molar-refractivity contribution is 0.414. The number of hydrazone groups is 1. The van der Waals surface area contributed by atoms with Crippen LogP contribution in [0.25, 0.3) is 11.3 Å². The van der Waals surface area contributed by atoms with E-state index in [0.717, 1.165) is 35.0 Å². The van der Waals surface area contributed by atoms with Gasteiger partial charge < -0.3 is 4.74 Å². The highest BCUT2D eigenvalue weighted by Gasteiger charge is 2.20. The van der Waals surface area contributed by atoms with Crippen LogP contribution in [0.15, 0.2) is 53.6 Å². The minimum atomic E-state index is 0.801. The van der Waals surface area contributed by atoms with Gasteiger partial charge in [-0.15, -0.1) is 0 Å². The van der Waals surface area contributed by atoms with Crippen LogP contribution in [0.2, 0.25) is 0 Å². The van der Waals surface area contributed by atoms with Crippen molar-refractivity contribution in [2.45, 2.75) is 12.8 Å². The van der Waals surface area contributed by atoms with Crippen LogP contribution in [-0.2, 0) is 12.8 Å². The number of fused-ring (bicyclic) bond motifs is 3. The number of methoxy groups -OCH3 is 1. The maximum Gasteiger partial charge on any atom is 0.204 e. The van der Waals surface area contributed by atoms with Gasteiger partial charge in [0.15, 0.2) is 0 Å². The van der Waals surface area contributed by atoms with Crippen LogP contribution in [0.4, 0.5) is 5.13 Å². The number of anilines is 1. The third kappa shape index (κ3) is 2.78. The second-order valence-electron chi connectivity index (χ2n) is 5.56. The lowest BCUT2D eigenvalue weighted by Gasteiger charge is -2.13. The summed E-state index contributed by atoms with van der Waals surface area (Å²) in [6.07, 6.45) is 3.88. The van der Waals surface area contributed by atoms with E-state index in [1.165, 1.54) is 16.0 Å². The van der Waals surface area contributed by atoms with Gasteiger partial charge in [-0.3, -0.25) is 5.43 Å². The summed E-state index contributed by atoms with van der Waals surface area (Å²) in [5, 5.41) is 5.13. The molecule has 0 amide bonds. The van der Waals surface area contributed by atoms with E-state index < -0.39 is 0 Å². The lowest BCUT2D eigenvalue weighted by Crippen LogP contribution is -2.01. The van der Waals surface area contributed by atoms with Gasteiger partial charge in [-0.25, -0.2) is 4.98 Å². The SMILES string of the molecule is COc1ccccc1/C=N/Nc1nc2c(s1)CCc1ccccc1-2. The van der Waals surface area contributed by atoms with E-state index in [9.17, 15) is 0 Å². The van der Waals surface area contributed by atoms with Crippen molar-refractivity contribution in [1.82, 2.24) is 4.98 Å². The van der Waals surface area contributed by atoms with Crippen LogP contribution in [0, 0.1) is 0 Å². The number of aromatic nitrogens is 1. The number of hydrogen-bond donors (Lipinski definition) is 1. The number of nitrogens with one attached hydrogen (secondary N) is 1. The predicted octanol–water partition coefficient (Wildman–Crippen LogP) is 4.36. The molecule has 4 nitrogen and oxygen atoms in total. The Morgan fingerprint density at radius 3 is 2.88 bits per heavy atom. The highest BCUT2D eigenvalue weighted by Crippen LogP contribution is 2.37. The second-order valence-corrected chi connectivity index (χ2v) is 6.64. The highest BCUT2D eigenvalue weighted by molar-refractivity contribution is 7.16. The molecule has 1 heterocycles. The Balaban J connectivity index is 1.55. The van der Waals surface area contributed by atoms with Crippen LogP contribution >= 0.6 is 11.3 Å². The molecule has 4 rings (SSSR count). The molecule has 120 valence electrons. The smallest absolute Gasteiger partial charge is 0.204 e. The first-order chi connectivity index (χ1) is 11.8. The predicted molar refractivity (Wildman–Crippen MR) is 99.2 cm³/mol. The van der Waals surface area contributed by atoms with Crippen LogP contribution < -0.4 is 10.2 Å². The Labute approximate surface area is 144 Å². The van der Waals surface area contributed by atoms with Gasteiger partial charge in [0.25, 0.3) is 0 Å². The van der Waals surface area contributed by atoms with Crippen molar-refractivity contribution in [3.63, 3.8) is 0 Å². The van der Waals surface area contributed by atoms with Gasteiger partial charge in [0.2, 0.25) is 5.13 Å². The molecule has 3 aromatic rings. The number of aryl methyl sites for hydroxylation is 2. The van der Waals surface area contributed by atoms with Crippen molar-refractivity contribution in [2.75, 3.05) is 12.5 Å². The quantitative estimate of drug-likeness (QED) is 0.569. The summed E-state index contributed by atoms with van der Waals surface area (Å²) >= 11 is 1.68. The number of thiazole rings is 1. The van der Waals surface area contributed by atoms with Gasteiger partial charge >= 0.3 is 0 Å².